The lowest BCUT2D eigenvalue weighted by atomic mass is 10.1. The minimum atomic E-state index is -0.341. The molecule has 2 N–H and O–H groups in total. The number of piperazine rings is 1. The van der Waals surface area contributed by atoms with Crippen LogP contribution < -0.4 is 5.32 Å². The molecule has 1 aliphatic heterocycles. The molecule has 5 heteroatoms. The minimum Gasteiger partial charge on any atom is -0.508 e. The Morgan fingerprint density at radius 1 is 1.40 bits per heavy atom. The Bertz CT molecular complexity index is 435. The number of rotatable bonds is 5. The quantitative estimate of drug-likeness (QED) is 0.856. The summed E-state index contributed by atoms with van der Waals surface area (Å²) in [7, 11) is 2.01. The molecule has 4 nitrogen and oxygen atoms in total. The van der Waals surface area contributed by atoms with E-state index in [-0.39, 0.29) is 17.6 Å². The average molecular weight is 281 g/mol. The maximum Gasteiger partial charge on any atom is 0.131 e. The van der Waals surface area contributed by atoms with Crippen LogP contribution in [0.5, 0.6) is 5.75 Å². The molecule has 1 heterocycles. The number of hydrogen-bond acceptors (Lipinski definition) is 4. The lowest BCUT2D eigenvalue weighted by molar-refractivity contribution is 0.181. The van der Waals surface area contributed by atoms with E-state index in [0.717, 1.165) is 39.3 Å². The number of likely N-dealkylation sites (N-methyl/N-ethyl adjacent to an activating group) is 1. The Kier molecular flexibility index (Phi) is 5.34. The molecule has 0 bridgehead atoms. The van der Waals surface area contributed by atoms with Crippen LogP contribution in [0.15, 0.2) is 18.2 Å². The highest BCUT2D eigenvalue weighted by atomic mass is 19.1. The first-order valence-corrected chi connectivity index (χ1v) is 7.19. The molecule has 0 spiro atoms. The molecular formula is C15H24FN3O. The third kappa shape index (κ3) is 3.91. The number of benzene rings is 1. The van der Waals surface area contributed by atoms with E-state index in [9.17, 15) is 9.50 Å². The molecule has 1 aromatic carbocycles. The summed E-state index contributed by atoms with van der Waals surface area (Å²) in [6.45, 7) is 8.15. The number of hydrogen-bond donors (Lipinski definition) is 2. The van der Waals surface area contributed by atoms with E-state index < -0.39 is 0 Å². The summed E-state index contributed by atoms with van der Waals surface area (Å²) in [5.41, 5.74) is 0.630. The van der Waals surface area contributed by atoms with Gasteiger partial charge < -0.3 is 10.4 Å². The Labute approximate surface area is 120 Å². The topological polar surface area (TPSA) is 38.7 Å². The summed E-state index contributed by atoms with van der Waals surface area (Å²) < 4.78 is 13.9. The van der Waals surface area contributed by atoms with Gasteiger partial charge in [-0.25, -0.2) is 4.39 Å². The van der Waals surface area contributed by atoms with Crippen molar-refractivity contribution in [1.82, 2.24) is 15.1 Å². The number of halogens is 1. The molecule has 0 aliphatic carbocycles. The number of nitrogens with zero attached hydrogens (tertiary/aromatic N) is 2. The van der Waals surface area contributed by atoms with E-state index >= 15 is 0 Å². The van der Waals surface area contributed by atoms with Crippen molar-refractivity contribution in [2.45, 2.75) is 13.0 Å². The molecule has 0 aromatic heterocycles. The molecule has 112 valence electrons. The smallest absolute Gasteiger partial charge is 0.131 e. The largest absolute Gasteiger partial charge is 0.508 e. The van der Waals surface area contributed by atoms with Crippen molar-refractivity contribution in [2.75, 3.05) is 46.3 Å². The van der Waals surface area contributed by atoms with Crippen LogP contribution >= 0.6 is 0 Å². The highest BCUT2D eigenvalue weighted by Gasteiger charge is 2.17. The monoisotopic (exact) mass is 281 g/mol. The van der Waals surface area contributed by atoms with Crippen LogP contribution in [0.25, 0.3) is 0 Å². The van der Waals surface area contributed by atoms with Crippen molar-refractivity contribution >= 4 is 0 Å². The Hall–Kier alpha value is -1.17. The van der Waals surface area contributed by atoms with Gasteiger partial charge in [-0.15, -0.1) is 0 Å². The predicted molar refractivity (Wildman–Crippen MR) is 78.4 cm³/mol. The summed E-state index contributed by atoms with van der Waals surface area (Å²) >= 11 is 0. The van der Waals surface area contributed by atoms with Gasteiger partial charge in [0.25, 0.3) is 0 Å². The Morgan fingerprint density at radius 2 is 2.10 bits per heavy atom. The lowest BCUT2D eigenvalue weighted by Gasteiger charge is -2.31. The zero-order valence-corrected chi connectivity index (χ0v) is 12.3. The second kappa shape index (κ2) is 7.02. The van der Waals surface area contributed by atoms with Crippen LogP contribution in [0, 0.1) is 5.82 Å². The van der Waals surface area contributed by atoms with Crippen LogP contribution in [0.1, 0.15) is 18.5 Å². The molecule has 1 saturated heterocycles. The summed E-state index contributed by atoms with van der Waals surface area (Å²) in [6.07, 6.45) is 0. The normalized spacial score (nSPS) is 18.4. The molecular weight excluding hydrogens is 257 g/mol. The van der Waals surface area contributed by atoms with E-state index in [1.54, 1.807) is 12.1 Å². The third-order valence-electron chi connectivity index (χ3n) is 4.07. The van der Waals surface area contributed by atoms with Crippen LogP contribution in [-0.2, 0) is 0 Å². The van der Waals surface area contributed by atoms with Crippen molar-refractivity contribution in [3.05, 3.63) is 29.6 Å². The lowest BCUT2D eigenvalue weighted by Crippen LogP contribution is -2.46. The SMILES string of the molecule is CC(c1ccc(O)cc1F)N(C)CCN1CCNCC1. The van der Waals surface area contributed by atoms with Crippen LogP contribution in [-0.4, -0.2) is 61.2 Å². The van der Waals surface area contributed by atoms with Crippen LogP contribution in [0.2, 0.25) is 0 Å². The molecule has 20 heavy (non-hydrogen) atoms. The summed E-state index contributed by atoms with van der Waals surface area (Å²) in [4.78, 5) is 4.57. The van der Waals surface area contributed by atoms with Gasteiger partial charge in [0, 0.05) is 56.9 Å². The number of phenols is 1. The van der Waals surface area contributed by atoms with E-state index in [4.69, 9.17) is 0 Å². The highest BCUT2D eigenvalue weighted by molar-refractivity contribution is 5.29. The van der Waals surface area contributed by atoms with Gasteiger partial charge in [-0.3, -0.25) is 9.80 Å². The fourth-order valence-electron chi connectivity index (χ4n) is 2.52. The van der Waals surface area contributed by atoms with Crippen molar-refractivity contribution in [2.24, 2.45) is 0 Å². The maximum atomic E-state index is 13.9. The van der Waals surface area contributed by atoms with Crippen LogP contribution in [0.4, 0.5) is 4.39 Å². The van der Waals surface area contributed by atoms with Crippen molar-refractivity contribution in [3.8, 4) is 5.75 Å². The summed E-state index contributed by atoms with van der Waals surface area (Å²) in [5, 5.41) is 12.6. The van der Waals surface area contributed by atoms with Crippen molar-refractivity contribution in [3.63, 3.8) is 0 Å². The van der Waals surface area contributed by atoms with E-state index in [1.165, 1.54) is 6.07 Å². The van der Waals surface area contributed by atoms with Gasteiger partial charge in [0.2, 0.25) is 0 Å². The third-order valence-corrected chi connectivity index (χ3v) is 4.07. The number of nitrogens with one attached hydrogen (secondary N) is 1. The highest BCUT2D eigenvalue weighted by Crippen LogP contribution is 2.24. The van der Waals surface area contributed by atoms with Gasteiger partial charge in [-0.2, -0.15) is 0 Å². The first-order valence-electron chi connectivity index (χ1n) is 7.19. The maximum absolute atomic E-state index is 13.9. The van der Waals surface area contributed by atoms with Gasteiger partial charge in [0.05, 0.1) is 0 Å². The standard InChI is InChI=1S/C15H24FN3O/c1-12(14-4-3-13(20)11-15(14)16)18(2)9-10-19-7-5-17-6-8-19/h3-4,11-12,17,20H,5-10H2,1-2H3. The Morgan fingerprint density at radius 3 is 2.75 bits per heavy atom. The molecule has 1 atom stereocenters. The Balaban J connectivity index is 1.89. The average Bonchev–Trinajstić information content (AvgIpc) is 2.45. The van der Waals surface area contributed by atoms with Gasteiger partial charge in [0.15, 0.2) is 0 Å². The van der Waals surface area contributed by atoms with E-state index in [2.05, 4.69) is 15.1 Å². The fraction of sp³-hybridized carbons (Fsp3) is 0.600. The number of aromatic hydroxyl groups is 1. The first kappa shape index (κ1) is 15.2. The van der Waals surface area contributed by atoms with Gasteiger partial charge in [0.1, 0.15) is 11.6 Å². The second-order valence-corrected chi connectivity index (χ2v) is 5.45. The van der Waals surface area contributed by atoms with E-state index in [1.807, 2.05) is 14.0 Å². The zero-order chi connectivity index (χ0) is 14.5. The molecule has 1 unspecified atom stereocenters. The number of phenolic OH excluding ortho intramolecular Hbond substituents is 1. The molecule has 0 amide bonds. The van der Waals surface area contributed by atoms with Gasteiger partial charge >= 0.3 is 0 Å². The molecule has 1 fully saturated rings. The predicted octanol–water partition coefficient (Wildman–Crippen LogP) is 1.43. The van der Waals surface area contributed by atoms with Gasteiger partial charge in [-0.1, -0.05) is 6.07 Å². The zero-order valence-electron chi connectivity index (χ0n) is 12.3. The van der Waals surface area contributed by atoms with Crippen LogP contribution in [0.3, 0.4) is 0 Å². The summed E-state index contributed by atoms with van der Waals surface area (Å²) in [6, 6.07) is 4.38. The first-order chi connectivity index (χ1) is 9.58. The van der Waals surface area contributed by atoms with Crippen molar-refractivity contribution < 1.29 is 9.50 Å². The molecule has 0 saturated carbocycles. The molecule has 2 rings (SSSR count). The molecule has 1 aliphatic rings. The summed E-state index contributed by atoms with van der Waals surface area (Å²) in [5.74, 6) is -0.367. The minimum absolute atomic E-state index is 0.00137. The molecule has 1 aromatic rings. The van der Waals surface area contributed by atoms with Gasteiger partial charge in [-0.05, 0) is 20.0 Å². The molecule has 0 radical (unpaired) electrons. The van der Waals surface area contributed by atoms with E-state index in [0.29, 0.717) is 5.56 Å². The second-order valence-electron chi connectivity index (χ2n) is 5.45. The van der Waals surface area contributed by atoms with Crippen molar-refractivity contribution in [1.29, 1.82) is 0 Å². The fourth-order valence-corrected chi connectivity index (χ4v) is 2.52.